The first-order chi connectivity index (χ1) is 11.6. The average Bonchev–Trinajstić information content (AvgIpc) is 2.88. The number of nitrogens with one attached hydrogen (secondary N) is 2. The van der Waals surface area contributed by atoms with Gasteiger partial charge in [0, 0.05) is 7.05 Å². The smallest absolute Gasteiger partial charge is 0.329 e. The van der Waals surface area contributed by atoms with Gasteiger partial charge in [0.25, 0.3) is 0 Å². The number of urea groups is 1. The maximum atomic E-state index is 12.2. The predicted molar refractivity (Wildman–Crippen MR) is 96.5 cm³/mol. The highest BCUT2D eigenvalue weighted by molar-refractivity contribution is 7.98. The molecule has 0 aliphatic heterocycles. The fourth-order valence-electron chi connectivity index (χ4n) is 2.44. The Morgan fingerprint density at radius 1 is 1.21 bits per heavy atom. The summed E-state index contributed by atoms with van der Waals surface area (Å²) >= 11 is 1.20. The molecular weight excluding hydrogens is 324 g/mol. The Bertz CT molecular complexity index is 891. The van der Waals surface area contributed by atoms with Gasteiger partial charge in [0.1, 0.15) is 11.6 Å². The molecule has 0 aliphatic carbocycles. The van der Waals surface area contributed by atoms with Gasteiger partial charge in [0.2, 0.25) is 0 Å². The minimum Gasteiger partial charge on any atom is -0.496 e. The van der Waals surface area contributed by atoms with Crippen molar-refractivity contribution in [2.45, 2.75) is 11.8 Å². The van der Waals surface area contributed by atoms with E-state index in [-0.39, 0.29) is 6.03 Å². The van der Waals surface area contributed by atoms with Crippen LogP contribution in [0, 0.1) is 6.92 Å². The zero-order valence-electron chi connectivity index (χ0n) is 13.7. The molecular formula is C17H18N4O2S. The minimum atomic E-state index is -0.308. The number of hydrogen-bond donors (Lipinski definition) is 2. The standard InChI is InChI=1S/C17H18N4O2S/c1-11-18-12-7-6-8-13(16(12)21(11)2)19-17(22)20-24-15-10-5-4-9-14(15)23-3/h4-10H,1-3H3,(H2,19,20,22). The van der Waals surface area contributed by atoms with Gasteiger partial charge in [0.15, 0.2) is 0 Å². The number of imidazole rings is 1. The van der Waals surface area contributed by atoms with Crippen LogP contribution in [0.4, 0.5) is 10.5 Å². The normalized spacial score (nSPS) is 10.6. The van der Waals surface area contributed by atoms with E-state index in [1.54, 1.807) is 7.11 Å². The number of carbonyl (C=O) groups excluding carboxylic acids is 1. The molecule has 3 rings (SSSR count). The van der Waals surface area contributed by atoms with Crippen LogP contribution < -0.4 is 14.8 Å². The van der Waals surface area contributed by atoms with Crippen molar-refractivity contribution in [3.05, 3.63) is 48.3 Å². The van der Waals surface area contributed by atoms with E-state index >= 15 is 0 Å². The topological polar surface area (TPSA) is 68.2 Å². The number of para-hydroxylation sites is 2. The van der Waals surface area contributed by atoms with Crippen molar-refractivity contribution in [2.75, 3.05) is 12.4 Å². The lowest BCUT2D eigenvalue weighted by molar-refractivity contribution is 0.257. The third kappa shape index (κ3) is 3.16. The fraction of sp³-hybridized carbons (Fsp3) is 0.176. The van der Waals surface area contributed by atoms with Crippen molar-refractivity contribution in [1.82, 2.24) is 14.3 Å². The number of amides is 2. The van der Waals surface area contributed by atoms with E-state index in [0.717, 1.165) is 21.8 Å². The maximum Gasteiger partial charge on any atom is 0.329 e. The Morgan fingerprint density at radius 3 is 2.79 bits per heavy atom. The number of fused-ring (bicyclic) bond motifs is 1. The van der Waals surface area contributed by atoms with Crippen LogP contribution in [0.15, 0.2) is 47.4 Å². The first-order valence-electron chi connectivity index (χ1n) is 7.39. The van der Waals surface area contributed by atoms with Crippen LogP contribution in [0.25, 0.3) is 11.0 Å². The van der Waals surface area contributed by atoms with Crippen molar-refractivity contribution in [3.63, 3.8) is 0 Å². The Labute approximate surface area is 144 Å². The van der Waals surface area contributed by atoms with Crippen molar-refractivity contribution < 1.29 is 9.53 Å². The molecule has 3 aromatic rings. The van der Waals surface area contributed by atoms with Gasteiger partial charge in [-0.1, -0.05) is 18.2 Å². The monoisotopic (exact) mass is 342 g/mol. The van der Waals surface area contributed by atoms with Crippen LogP contribution >= 0.6 is 11.9 Å². The molecule has 0 radical (unpaired) electrons. The van der Waals surface area contributed by atoms with E-state index < -0.39 is 0 Å². The summed E-state index contributed by atoms with van der Waals surface area (Å²) in [5.41, 5.74) is 2.46. The lowest BCUT2D eigenvalue weighted by Crippen LogP contribution is -2.23. The highest BCUT2D eigenvalue weighted by Gasteiger charge is 2.12. The fourth-order valence-corrected chi connectivity index (χ4v) is 3.09. The molecule has 0 unspecified atom stereocenters. The summed E-state index contributed by atoms with van der Waals surface area (Å²) in [5.74, 6) is 1.61. The first kappa shape index (κ1) is 16.2. The molecule has 0 saturated carbocycles. The van der Waals surface area contributed by atoms with Crippen LogP contribution in [0.5, 0.6) is 5.75 Å². The molecule has 0 bridgehead atoms. The first-order valence-corrected chi connectivity index (χ1v) is 8.20. The molecule has 0 saturated heterocycles. The Balaban J connectivity index is 1.74. The molecule has 1 aromatic heterocycles. The number of hydrogen-bond acceptors (Lipinski definition) is 4. The molecule has 24 heavy (non-hydrogen) atoms. The number of aryl methyl sites for hydroxylation is 2. The molecule has 0 spiro atoms. The number of anilines is 1. The third-order valence-corrected chi connectivity index (χ3v) is 4.53. The largest absolute Gasteiger partial charge is 0.496 e. The second kappa shape index (κ2) is 6.84. The van der Waals surface area contributed by atoms with Gasteiger partial charge >= 0.3 is 6.03 Å². The predicted octanol–water partition coefficient (Wildman–Crippen LogP) is 3.72. The number of ether oxygens (including phenoxy) is 1. The van der Waals surface area contributed by atoms with Crippen LogP contribution in [0.3, 0.4) is 0 Å². The van der Waals surface area contributed by atoms with Gasteiger partial charge in [-0.2, -0.15) is 0 Å². The molecule has 7 heteroatoms. The molecule has 2 N–H and O–H groups in total. The van der Waals surface area contributed by atoms with Gasteiger partial charge in [0.05, 0.1) is 28.7 Å². The van der Waals surface area contributed by atoms with E-state index in [0.29, 0.717) is 11.4 Å². The van der Waals surface area contributed by atoms with Gasteiger partial charge in [-0.3, -0.25) is 4.72 Å². The number of carbonyl (C=O) groups is 1. The van der Waals surface area contributed by atoms with Gasteiger partial charge in [-0.05, 0) is 43.1 Å². The SMILES string of the molecule is COc1ccccc1SNC(=O)Nc1cccc2nc(C)n(C)c12. The summed E-state index contributed by atoms with van der Waals surface area (Å²) in [7, 11) is 3.53. The molecule has 124 valence electrons. The van der Waals surface area contributed by atoms with Crippen molar-refractivity contribution >= 4 is 34.7 Å². The van der Waals surface area contributed by atoms with Crippen LogP contribution in [0.1, 0.15) is 5.82 Å². The number of rotatable bonds is 4. The second-order valence-corrected chi connectivity index (χ2v) is 6.05. The van der Waals surface area contributed by atoms with Crippen molar-refractivity contribution in [3.8, 4) is 5.75 Å². The van der Waals surface area contributed by atoms with Crippen LogP contribution in [-0.2, 0) is 7.05 Å². The lowest BCUT2D eigenvalue weighted by atomic mass is 10.2. The van der Waals surface area contributed by atoms with E-state index in [1.165, 1.54) is 11.9 Å². The summed E-state index contributed by atoms with van der Waals surface area (Å²) < 4.78 is 9.99. The highest BCUT2D eigenvalue weighted by atomic mass is 32.2. The van der Waals surface area contributed by atoms with Gasteiger partial charge < -0.3 is 14.6 Å². The molecule has 0 fully saturated rings. The summed E-state index contributed by atoms with van der Waals surface area (Å²) in [4.78, 5) is 17.5. The molecule has 2 aromatic carbocycles. The zero-order chi connectivity index (χ0) is 17.1. The second-order valence-electron chi connectivity index (χ2n) is 5.20. The highest BCUT2D eigenvalue weighted by Crippen LogP contribution is 2.27. The quantitative estimate of drug-likeness (QED) is 0.709. The molecule has 6 nitrogen and oxygen atoms in total. The Hall–Kier alpha value is -2.67. The summed E-state index contributed by atoms with van der Waals surface area (Å²) in [5, 5.41) is 2.87. The number of methoxy groups -OCH3 is 1. The van der Waals surface area contributed by atoms with Gasteiger partial charge in [-0.25, -0.2) is 9.78 Å². The molecule has 2 amide bonds. The molecule has 1 heterocycles. The third-order valence-electron chi connectivity index (χ3n) is 3.69. The number of aromatic nitrogens is 2. The van der Waals surface area contributed by atoms with E-state index in [1.807, 2.05) is 61.0 Å². The minimum absolute atomic E-state index is 0.308. The Morgan fingerprint density at radius 2 is 2.00 bits per heavy atom. The van der Waals surface area contributed by atoms with Crippen molar-refractivity contribution in [1.29, 1.82) is 0 Å². The molecule has 0 aliphatic rings. The lowest BCUT2D eigenvalue weighted by Gasteiger charge is -2.10. The van der Waals surface area contributed by atoms with Crippen LogP contribution in [0.2, 0.25) is 0 Å². The zero-order valence-corrected chi connectivity index (χ0v) is 14.5. The molecule has 0 atom stereocenters. The maximum absolute atomic E-state index is 12.2. The van der Waals surface area contributed by atoms with Gasteiger partial charge in [-0.15, -0.1) is 0 Å². The van der Waals surface area contributed by atoms with E-state index in [2.05, 4.69) is 15.0 Å². The summed E-state index contributed by atoms with van der Waals surface area (Å²) in [6, 6.07) is 12.9. The van der Waals surface area contributed by atoms with E-state index in [4.69, 9.17) is 4.74 Å². The average molecular weight is 342 g/mol. The summed E-state index contributed by atoms with van der Waals surface area (Å²) in [6.07, 6.45) is 0. The van der Waals surface area contributed by atoms with E-state index in [9.17, 15) is 4.79 Å². The number of benzene rings is 2. The summed E-state index contributed by atoms with van der Waals surface area (Å²) in [6.45, 7) is 1.93. The van der Waals surface area contributed by atoms with Crippen LogP contribution in [-0.4, -0.2) is 22.7 Å². The Kier molecular flexibility index (Phi) is 4.61. The number of nitrogens with zero attached hydrogens (tertiary/aromatic N) is 2. The van der Waals surface area contributed by atoms with Crippen molar-refractivity contribution in [2.24, 2.45) is 7.05 Å².